The molecule has 0 radical (unpaired) electrons. The Kier molecular flexibility index (Phi) is 3.75. The molecule has 0 atom stereocenters. The number of nitrogens with one attached hydrogen (secondary N) is 2. The fraction of sp³-hybridized carbons (Fsp3) is 0. The Morgan fingerprint density at radius 1 is 1.05 bits per heavy atom. The van der Waals surface area contributed by atoms with Gasteiger partial charge in [-0.05, 0) is 12.1 Å². The molecule has 4 N–H and O–H groups in total. The van der Waals surface area contributed by atoms with Crippen LogP contribution in [-0.4, -0.2) is 32.2 Å². The van der Waals surface area contributed by atoms with Crippen molar-refractivity contribution in [3.63, 3.8) is 0 Å². The monoisotopic (exact) mass is 274 g/mol. The molecule has 0 saturated heterocycles. The third-order valence-electron chi connectivity index (χ3n) is 2.30. The summed E-state index contributed by atoms with van der Waals surface area (Å²) in [5, 5.41) is 23.2. The van der Waals surface area contributed by atoms with Gasteiger partial charge < -0.3 is 20.8 Å². The molecular weight excluding hydrogens is 264 g/mol. The smallest absolute Gasteiger partial charge is 0.339 e. The highest BCUT2D eigenvalue weighted by atomic mass is 16.4. The fourth-order valence-electron chi connectivity index (χ4n) is 1.45. The standard InChI is InChI=1S/C12H10N4O4/c17-10-3-7(1-2-9(10)11(18)19)15-12(20)16-8-4-13-6-14-5-8/h1-6,17H,(H,18,19)(H2,15,16,20). The molecule has 0 aliphatic rings. The average Bonchev–Trinajstić information content (AvgIpc) is 2.39. The first-order chi connectivity index (χ1) is 9.56. The van der Waals surface area contributed by atoms with Gasteiger partial charge in [0.1, 0.15) is 17.6 Å². The number of carboxylic acids is 1. The molecule has 20 heavy (non-hydrogen) atoms. The summed E-state index contributed by atoms with van der Waals surface area (Å²) in [6, 6.07) is 3.13. The van der Waals surface area contributed by atoms with Crippen LogP contribution in [-0.2, 0) is 0 Å². The summed E-state index contributed by atoms with van der Waals surface area (Å²) >= 11 is 0. The second kappa shape index (κ2) is 5.65. The van der Waals surface area contributed by atoms with E-state index < -0.39 is 17.7 Å². The van der Waals surface area contributed by atoms with Gasteiger partial charge in [-0.3, -0.25) is 0 Å². The topological polar surface area (TPSA) is 124 Å². The van der Waals surface area contributed by atoms with Crippen LogP contribution in [0.25, 0.3) is 0 Å². The van der Waals surface area contributed by atoms with E-state index in [2.05, 4.69) is 20.6 Å². The Labute approximate surface area is 113 Å². The number of hydrogen-bond acceptors (Lipinski definition) is 5. The largest absolute Gasteiger partial charge is 0.507 e. The lowest BCUT2D eigenvalue weighted by Gasteiger charge is -2.08. The van der Waals surface area contributed by atoms with Crippen molar-refractivity contribution in [2.45, 2.75) is 0 Å². The number of hydrogen-bond donors (Lipinski definition) is 4. The lowest BCUT2D eigenvalue weighted by atomic mass is 10.2. The Morgan fingerprint density at radius 3 is 2.30 bits per heavy atom. The van der Waals surface area contributed by atoms with Gasteiger partial charge in [-0.2, -0.15) is 0 Å². The molecule has 1 aromatic heterocycles. The first-order valence-corrected chi connectivity index (χ1v) is 5.45. The number of aromatic hydroxyl groups is 1. The Bertz CT molecular complexity index is 645. The molecule has 2 rings (SSSR count). The molecule has 0 bridgehead atoms. The zero-order valence-corrected chi connectivity index (χ0v) is 10.1. The highest BCUT2D eigenvalue weighted by Gasteiger charge is 2.11. The Morgan fingerprint density at radius 2 is 1.70 bits per heavy atom. The maximum Gasteiger partial charge on any atom is 0.339 e. The predicted molar refractivity (Wildman–Crippen MR) is 69.7 cm³/mol. The Hall–Kier alpha value is -3.16. The third kappa shape index (κ3) is 3.19. The minimum atomic E-state index is -1.25. The van der Waals surface area contributed by atoms with Crippen LogP contribution in [0.5, 0.6) is 5.75 Å². The minimum absolute atomic E-state index is 0.243. The summed E-state index contributed by atoms with van der Waals surface area (Å²) in [5.74, 6) is -1.68. The lowest BCUT2D eigenvalue weighted by molar-refractivity contribution is 0.0694. The zero-order chi connectivity index (χ0) is 14.5. The van der Waals surface area contributed by atoms with Crippen LogP contribution in [0.1, 0.15) is 10.4 Å². The second-order valence-corrected chi connectivity index (χ2v) is 3.74. The fourth-order valence-corrected chi connectivity index (χ4v) is 1.45. The van der Waals surface area contributed by atoms with E-state index in [0.29, 0.717) is 5.69 Å². The van der Waals surface area contributed by atoms with Gasteiger partial charge in [0.15, 0.2) is 0 Å². The van der Waals surface area contributed by atoms with Gasteiger partial charge in [-0.1, -0.05) is 0 Å². The van der Waals surface area contributed by atoms with Crippen LogP contribution in [0, 0.1) is 0 Å². The first-order valence-electron chi connectivity index (χ1n) is 5.45. The van der Waals surface area contributed by atoms with Gasteiger partial charge in [0.05, 0.1) is 18.1 Å². The summed E-state index contributed by atoms with van der Waals surface area (Å²) in [4.78, 5) is 29.8. The summed E-state index contributed by atoms with van der Waals surface area (Å²) in [6.45, 7) is 0. The van der Waals surface area contributed by atoms with Gasteiger partial charge in [-0.15, -0.1) is 0 Å². The van der Waals surface area contributed by atoms with E-state index in [1.54, 1.807) is 0 Å². The number of carbonyl (C=O) groups excluding carboxylic acids is 1. The van der Waals surface area contributed by atoms with Crippen LogP contribution >= 0.6 is 0 Å². The Balaban J connectivity index is 2.05. The lowest BCUT2D eigenvalue weighted by Crippen LogP contribution is -2.19. The number of aromatic carboxylic acids is 1. The average molecular weight is 274 g/mol. The molecule has 0 saturated carbocycles. The van der Waals surface area contributed by atoms with Crippen molar-refractivity contribution in [3.8, 4) is 5.75 Å². The second-order valence-electron chi connectivity index (χ2n) is 3.74. The quantitative estimate of drug-likeness (QED) is 0.672. The minimum Gasteiger partial charge on any atom is -0.507 e. The van der Waals surface area contributed by atoms with Crippen molar-refractivity contribution < 1.29 is 19.8 Å². The van der Waals surface area contributed by atoms with Crippen LogP contribution < -0.4 is 10.6 Å². The van der Waals surface area contributed by atoms with Crippen molar-refractivity contribution in [3.05, 3.63) is 42.5 Å². The summed E-state index contributed by atoms with van der Waals surface area (Å²) < 4.78 is 0. The molecule has 1 heterocycles. The molecule has 102 valence electrons. The van der Waals surface area contributed by atoms with E-state index in [0.717, 1.165) is 6.07 Å². The van der Waals surface area contributed by atoms with Gasteiger partial charge >= 0.3 is 12.0 Å². The molecule has 8 heteroatoms. The molecular formula is C12H10N4O4. The normalized spacial score (nSPS) is 9.80. The number of carbonyl (C=O) groups is 2. The highest BCUT2D eigenvalue weighted by Crippen LogP contribution is 2.22. The van der Waals surface area contributed by atoms with Crippen molar-refractivity contribution in [2.24, 2.45) is 0 Å². The van der Waals surface area contributed by atoms with Crippen molar-refractivity contribution in [1.29, 1.82) is 0 Å². The van der Waals surface area contributed by atoms with Gasteiger partial charge in [0, 0.05) is 11.8 Å². The summed E-state index contributed by atoms with van der Waals surface area (Å²) in [5.41, 5.74) is 0.408. The molecule has 0 spiro atoms. The van der Waals surface area contributed by atoms with E-state index in [4.69, 9.17) is 5.11 Å². The highest BCUT2D eigenvalue weighted by molar-refractivity contribution is 6.00. The van der Waals surface area contributed by atoms with E-state index in [-0.39, 0.29) is 11.3 Å². The molecule has 0 unspecified atom stereocenters. The van der Waals surface area contributed by atoms with Gasteiger partial charge in [-0.25, -0.2) is 19.6 Å². The van der Waals surface area contributed by atoms with E-state index in [9.17, 15) is 14.7 Å². The molecule has 8 nitrogen and oxygen atoms in total. The number of anilines is 2. The summed E-state index contributed by atoms with van der Waals surface area (Å²) in [7, 11) is 0. The number of rotatable bonds is 3. The van der Waals surface area contributed by atoms with Crippen molar-refractivity contribution in [1.82, 2.24) is 9.97 Å². The molecule has 1 aromatic carbocycles. The van der Waals surface area contributed by atoms with Gasteiger partial charge in [0.25, 0.3) is 0 Å². The predicted octanol–water partition coefficient (Wildman–Crippen LogP) is 1.52. The SMILES string of the molecule is O=C(Nc1cncnc1)Nc1ccc(C(=O)O)c(O)c1. The molecule has 0 fully saturated rings. The van der Waals surface area contributed by atoms with Crippen molar-refractivity contribution in [2.75, 3.05) is 10.6 Å². The zero-order valence-electron chi connectivity index (χ0n) is 10.1. The van der Waals surface area contributed by atoms with E-state index >= 15 is 0 Å². The van der Waals surface area contributed by atoms with Crippen LogP contribution in [0.4, 0.5) is 16.2 Å². The van der Waals surface area contributed by atoms with Crippen LogP contribution in [0.2, 0.25) is 0 Å². The van der Waals surface area contributed by atoms with E-state index in [1.807, 2.05) is 0 Å². The number of phenols is 1. The number of carboxylic acid groups (broad SMARTS) is 1. The summed E-state index contributed by atoms with van der Waals surface area (Å²) in [6.07, 6.45) is 4.15. The first kappa shape index (κ1) is 13.3. The van der Waals surface area contributed by atoms with Crippen molar-refractivity contribution >= 4 is 23.4 Å². The van der Waals surface area contributed by atoms with Crippen LogP contribution in [0.15, 0.2) is 36.9 Å². The van der Waals surface area contributed by atoms with E-state index in [1.165, 1.54) is 30.9 Å². The number of urea groups is 1. The molecule has 0 aliphatic heterocycles. The number of amides is 2. The molecule has 2 amide bonds. The molecule has 2 aromatic rings. The maximum absolute atomic E-state index is 11.6. The third-order valence-corrected chi connectivity index (χ3v) is 2.30. The maximum atomic E-state index is 11.6. The number of aromatic nitrogens is 2. The number of benzene rings is 1. The van der Waals surface area contributed by atoms with Crippen LogP contribution in [0.3, 0.4) is 0 Å². The van der Waals surface area contributed by atoms with Gasteiger partial charge in [0.2, 0.25) is 0 Å². The molecule has 0 aliphatic carbocycles. The number of nitrogens with zero attached hydrogens (tertiary/aromatic N) is 2.